The zero-order chi connectivity index (χ0) is 34.8. The van der Waals surface area contributed by atoms with Crippen LogP contribution in [0.15, 0.2) is 60.7 Å². The Bertz CT molecular complexity index is 1610. The first-order chi connectivity index (χ1) is 23.0. The maximum absolute atomic E-state index is 15.5. The Labute approximate surface area is 277 Å². The summed E-state index contributed by atoms with van der Waals surface area (Å²) in [4.78, 5) is 59.3. The van der Waals surface area contributed by atoms with Crippen LogP contribution in [-0.4, -0.2) is 89.4 Å². The number of carbonyl (C=O) groups excluding carboxylic acids is 4. The van der Waals surface area contributed by atoms with E-state index >= 15 is 4.39 Å². The summed E-state index contributed by atoms with van der Waals surface area (Å²) in [5.41, 5.74) is 0.167. The van der Waals surface area contributed by atoms with Crippen LogP contribution in [-0.2, 0) is 14.3 Å². The fraction of sp³-hybridized carbons (Fsp3) is 0.353. The number of hydrogen-bond donors (Lipinski definition) is 1. The number of amides is 2. The SMILES string of the molecule is COCOc1ccc(C(=O)NC2CCCC[N+](OC(=O)c3ccc(C(=O)c4c(OCOC)ccc(N(C)C)c4F)cc3)(C(=O)[O-])C2)cc1. The Kier molecular flexibility index (Phi) is 12.1. The summed E-state index contributed by atoms with van der Waals surface area (Å²) in [6.45, 7) is -0.507. The molecule has 0 bridgehead atoms. The zero-order valence-corrected chi connectivity index (χ0v) is 27.2. The molecule has 3 aromatic carbocycles. The maximum atomic E-state index is 15.5. The van der Waals surface area contributed by atoms with Crippen LogP contribution < -0.4 is 24.8 Å². The van der Waals surface area contributed by atoms with Crippen molar-refractivity contribution in [2.24, 2.45) is 0 Å². The van der Waals surface area contributed by atoms with E-state index in [1.165, 1.54) is 55.5 Å². The van der Waals surface area contributed by atoms with E-state index < -0.39 is 40.3 Å². The van der Waals surface area contributed by atoms with Crippen LogP contribution in [0.5, 0.6) is 11.5 Å². The second-order valence-corrected chi connectivity index (χ2v) is 11.3. The molecule has 2 amide bonds. The maximum Gasteiger partial charge on any atom is 0.398 e. The Morgan fingerprint density at radius 2 is 1.50 bits per heavy atom. The highest BCUT2D eigenvalue weighted by molar-refractivity contribution is 6.11. The molecule has 0 aliphatic carbocycles. The van der Waals surface area contributed by atoms with E-state index in [1.807, 2.05) is 0 Å². The van der Waals surface area contributed by atoms with Gasteiger partial charge in [-0.3, -0.25) is 14.4 Å². The second-order valence-electron chi connectivity index (χ2n) is 11.3. The minimum absolute atomic E-state index is 0.0234. The molecule has 14 heteroatoms. The average molecular weight is 668 g/mol. The van der Waals surface area contributed by atoms with Gasteiger partial charge in [0.2, 0.25) is 0 Å². The van der Waals surface area contributed by atoms with Gasteiger partial charge < -0.3 is 39.1 Å². The lowest BCUT2D eigenvalue weighted by molar-refractivity contribution is -1.04. The first-order valence-corrected chi connectivity index (χ1v) is 15.1. The number of rotatable bonds is 12. The highest BCUT2D eigenvalue weighted by Gasteiger charge is 2.41. The lowest BCUT2D eigenvalue weighted by Gasteiger charge is -2.34. The smallest absolute Gasteiger partial charge is 0.398 e. The number of halogens is 1. The number of nitrogens with one attached hydrogen (secondary N) is 1. The number of benzene rings is 3. The molecule has 48 heavy (non-hydrogen) atoms. The molecule has 256 valence electrons. The first kappa shape index (κ1) is 35.8. The fourth-order valence-corrected chi connectivity index (χ4v) is 5.26. The highest BCUT2D eigenvalue weighted by Crippen LogP contribution is 2.31. The predicted molar refractivity (Wildman–Crippen MR) is 168 cm³/mol. The normalized spacial score (nSPS) is 17.5. The van der Waals surface area contributed by atoms with Crippen molar-refractivity contribution in [3.8, 4) is 11.5 Å². The van der Waals surface area contributed by atoms with Gasteiger partial charge in [0.1, 0.15) is 30.2 Å². The summed E-state index contributed by atoms with van der Waals surface area (Å²) >= 11 is 0. The van der Waals surface area contributed by atoms with E-state index in [1.54, 1.807) is 38.4 Å². The van der Waals surface area contributed by atoms with Crippen LogP contribution in [0.2, 0.25) is 0 Å². The van der Waals surface area contributed by atoms with E-state index in [0.717, 1.165) is 0 Å². The van der Waals surface area contributed by atoms with Gasteiger partial charge in [-0.2, -0.15) is 0 Å². The Hall–Kier alpha value is -5.05. The molecule has 1 heterocycles. The number of ketones is 1. The van der Waals surface area contributed by atoms with Crippen molar-refractivity contribution in [2.45, 2.75) is 25.3 Å². The number of quaternary nitrogens is 1. The second kappa shape index (κ2) is 16.2. The van der Waals surface area contributed by atoms with Gasteiger partial charge in [0, 0.05) is 45.9 Å². The van der Waals surface area contributed by atoms with Crippen molar-refractivity contribution in [1.29, 1.82) is 0 Å². The number of hydrogen-bond acceptors (Lipinski definition) is 11. The first-order valence-electron chi connectivity index (χ1n) is 15.1. The lowest BCUT2D eigenvalue weighted by Crippen LogP contribution is -2.63. The number of ether oxygens (including phenoxy) is 4. The molecule has 1 fully saturated rings. The average Bonchev–Trinajstić information content (AvgIpc) is 3.28. The van der Waals surface area contributed by atoms with Crippen LogP contribution in [0.1, 0.15) is 55.9 Å². The van der Waals surface area contributed by atoms with Gasteiger partial charge in [-0.25, -0.2) is 9.18 Å². The van der Waals surface area contributed by atoms with E-state index in [-0.39, 0.29) is 54.8 Å². The molecular weight excluding hydrogens is 629 g/mol. The van der Waals surface area contributed by atoms with Crippen LogP contribution in [0.25, 0.3) is 0 Å². The van der Waals surface area contributed by atoms with Crippen LogP contribution in [0.3, 0.4) is 0 Å². The molecule has 0 aromatic heterocycles. The third-order valence-corrected chi connectivity index (χ3v) is 7.73. The summed E-state index contributed by atoms with van der Waals surface area (Å²) in [5.74, 6) is -2.44. The van der Waals surface area contributed by atoms with Gasteiger partial charge in [-0.15, -0.1) is 0 Å². The number of anilines is 1. The largest absolute Gasteiger partial charge is 0.495 e. The van der Waals surface area contributed by atoms with E-state index in [9.17, 15) is 24.3 Å². The quantitative estimate of drug-likeness (QED) is 0.172. The monoisotopic (exact) mass is 667 g/mol. The number of nitrogens with zero attached hydrogens (tertiary/aromatic N) is 2. The van der Waals surface area contributed by atoms with Crippen molar-refractivity contribution >= 4 is 29.4 Å². The van der Waals surface area contributed by atoms with Gasteiger partial charge in [-0.1, -0.05) is 16.8 Å². The number of carbonyl (C=O) groups is 4. The van der Waals surface area contributed by atoms with Crippen molar-refractivity contribution in [3.63, 3.8) is 0 Å². The standard InChI is InChI=1S/C34H38FN3O10/c1-37(2)27-16-17-28(47-21-45-4)29(30(27)35)31(39)22-8-10-24(11-9-22)33(41)48-38(34(42)43)18-6-5-7-25(19-38)36-32(40)23-12-14-26(15-13-23)46-20-44-3/h8-17,25H,5-7,18-21H2,1-4H3,(H-,36,40,42,43). The van der Waals surface area contributed by atoms with Crippen molar-refractivity contribution < 1.29 is 57.1 Å². The number of methoxy groups -OCH3 is 2. The predicted octanol–water partition coefficient (Wildman–Crippen LogP) is 3.30. The molecule has 0 saturated carbocycles. The molecule has 0 spiro atoms. The highest BCUT2D eigenvalue weighted by atomic mass is 19.1. The number of carboxylic acid groups (broad SMARTS) is 1. The Balaban J connectivity index is 1.50. The third-order valence-electron chi connectivity index (χ3n) is 7.73. The Morgan fingerprint density at radius 3 is 2.12 bits per heavy atom. The molecule has 1 aliphatic heterocycles. The molecule has 13 nitrogen and oxygen atoms in total. The van der Waals surface area contributed by atoms with Crippen molar-refractivity contribution in [3.05, 3.63) is 88.7 Å². The summed E-state index contributed by atoms with van der Waals surface area (Å²) in [6.07, 6.45) is -0.240. The molecule has 1 saturated heterocycles. The van der Waals surface area contributed by atoms with E-state index in [4.69, 9.17) is 23.8 Å². The molecule has 3 aromatic rings. The van der Waals surface area contributed by atoms with Gasteiger partial charge in [-0.05, 0) is 61.4 Å². The third kappa shape index (κ3) is 8.45. The molecule has 2 unspecified atom stereocenters. The lowest BCUT2D eigenvalue weighted by atomic mass is 9.99. The summed E-state index contributed by atoms with van der Waals surface area (Å²) in [7, 11) is 6.14. The van der Waals surface area contributed by atoms with Crippen LogP contribution in [0, 0.1) is 5.82 Å². The summed E-state index contributed by atoms with van der Waals surface area (Å²) in [5, 5.41) is 15.3. The number of likely N-dealkylation sites (tertiary alicyclic amines) is 1. The van der Waals surface area contributed by atoms with Gasteiger partial charge in [0.15, 0.2) is 25.2 Å². The molecule has 2 atom stereocenters. The van der Waals surface area contributed by atoms with Crippen molar-refractivity contribution in [1.82, 2.24) is 5.32 Å². The molecule has 0 radical (unpaired) electrons. The van der Waals surface area contributed by atoms with Crippen LogP contribution in [0.4, 0.5) is 14.9 Å². The molecule has 1 aliphatic rings. The van der Waals surface area contributed by atoms with Gasteiger partial charge >= 0.3 is 12.1 Å². The zero-order valence-electron chi connectivity index (χ0n) is 27.2. The minimum atomic E-state index is -1.64. The molecule has 1 N–H and O–H groups in total. The topological polar surface area (TPSA) is 153 Å². The van der Waals surface area contributed by atoms with Crippen molar-refractivity contribution in [2.75, 3.05) is 59.9 Å². The van der Waals surface area contributed by atoms with Gasteiger partial charge in [0.25, 0.3) is 5.91 Å². The number of hydroxylamine groups is 3. The fourth-order valence-electron chi connectivity index (χ4n) is 5.26. The Morgan fingerprint density at radius 1 is 0.875 bits per heavy atom. The van der Waals surface area contributed by atoms with E-state index in [2.05, 4.69) is 5.32 Å². The van der Waals surface area contributed by atoms with Crippen LogP contribution >= 0.6 is 0 Å². The van der Waals surface area contributed by atoms with E-state index in [0.29, 0.717) is 30.6 Å². The molecule has 4 rings (SSSR count). The summed E-state index contributed by atoms with van der Waals surface area (Å²) < 4.78 is 34.8. The molecular formula is C34H38FN3O10. The van der Waals surface area contributed by atoms with Gasteiger partial charge in [0.05, 0.1) is 17.3 Å². The summed E-state index contributed by atoms with van der Waals surface area (Å²) in [6, 6.07) is 13.8. The minimum Gasteiger partial charge on any atom is -0.495 e.